The van der Waals surface area contributed by atoms with Crippen molar-refractivity contribution in [3.05, 3.63) is 0 Å². The summed E-state index contributed by atoms with van der Waals surface area (Å²) in [5.41, 5.74) is -0.425. The maximum atomic E-state index is 11.7. The van der Waals surface area contributed by atoms with Crippen molar-refractivity contribution in [3.63, 3.8) is 0 Å². The van der Waals surface area contributed by atoms with E-state index < -0.39 is 5.60 Å². The fourth-order valence-corrected chi connectivity index (χ4v) is 2.59. The molecule has 90 valence electrons. The zero-order chi connectivity index (χ0) is 11.9. The highest BCUT2D eigenvalue weighted by Crippen LogP contribution is 2.53. The monoisotopic (exact) mass is 225 g/mol. The first-order valence-electron chi connectivity index (χ1n) is 5.84. The number of amides is 1. The quantitative estimate of drug-likeness (QED) is 0.672. The highest BCUT2D eigenvalue weighted by atomic mass is 16.6. The van der Waals surface area contributed by atoms with E-state index in [1.165, 1.54) is 0 Å². The van der Waals surface area contributed by atoms with Gasteiger partial charge in [0.2, 0.25) is 0 Å². The van der Waals surface area contributed by atoms with E-state index in [-0.39, 0.29) is 6.09 Å². The highest BCUT2D eigenvalue weighted by Gasteiger charge is 2.56. The number of nitrogens with zero attached hydrogens (tertiary/aromatic N) is 1. The molecule has 2 rings (SSSR count). The fourth-order valence-electron chi connectivity index (χ4n) is 2.59. The van der Waals surface area contributed by atoms with Crippen molar-refractivity contribution in [1.82, 2.24) is 4.90 Å². The van der Waals surface area contributed by atoms with Crippen molar-refractivity contribution in [3.8, 4) is 0 Å². The summed E-state index contributed by atoms with van der Waals surface area (Å²) in [4.78, 5) is 23.9. The lowest BCUT2D eigenvalue weighted by Gasteiger charge is -2.25. The van der Waals surface area contributed by atoms with E-state index >= 15 is 0 Å². The third-order valence-corrected chi connectivity index (χ3v) is 3.39. The molecule has 0 N–H and O–H groups in total. The van der Waals surface area contributed by atoms with Gasteiger partial charge in [0.25, 0.3) is 0 Å². The van der Waals surface area contributed by atoms with E-state index in [1.54, 1.807) is 4.90 Å². The Kier molecular flexibility index (Phi) is 2.68. The van der Waals surface area contributed by atoms with Gasteiger partial charge in [0, 0.05) is 19.5 Å². The van der Waals surface area contributed by atoms with Crippen LogP contribution in [0.25, 0.3) is 0 Å². The van der Waals surface area contributed by atoms with Gasteiger partial charge in [-0.15, -0.1) is 0 Å². The molecule has 1 saturated heterocycles. The van der Waals surface area contributed by atoms with Crippen molar-refractivity contribution in [2.24, 2.45) is 17.8 Å². The first-order valence-corrected chi connectivity index (χ1v) is 5.84. The number of carbonyl (C=O) groups excluding carboxylic acids is 2. The first kappa shape index (κ1) is 11.4. The number of hydrogen-bond acceptors (Lipinski definition) is 3. The van der Waals surface area contributed by atoms with Crippen molar-refractivity contribution in [1.29, 1.82) is 0 Å². The molecule has 1 amide bonds. The molecule has 16 heavy (non-hydrogen) atoms. The second kappa shape index (κ2) is 3.75. The molecule has 0 bridgehead atoms. The number of likely N-dealkylation sites (tertiary alicyclic amines) is 1. The minimum atomic E-state index is -0.425. The Bertz CT molecular complexity index is 296. The molecule has 0 aromatic rings. The number of rotatable bonds is 2. The number of carbonyl (C=O) groups is 2. The SMILES string of the molecule is CC(C)(C)OC(=O)N1C[C@@H]2C(CC=O)[C@@H]2C1. The van der Waals surface area contributed by atoms with E-state index in [1.807, 2.05) is 20.8 Å². The van der Waals surface area contributed by atoms with Gasteiger partial charge in [0.1, 0.15) is 11.9 Å². The summed E-state index contributed by atoms with van der Waals surface area (Å²) in [5.74, 6) is 1.60. The summed E-state index contributed by atoms with van der Waals surface area (Å²) < 4.78 is 5.30. The van der Waals surface area contributed by atoms with Crippen molar-refractivity contribution >= 4 is 12.4 Å². The Hall–Kier alpha value is -1.06. The van der Waals surface area contributed by atoms with Crippen LogP contribution in [0.4, 0.5) is 4.79 Å². The zero-order valence-corrected chi connectivity index (χ0v) is 10.1. The third kappa shape index (κ3) is 2.20. The Morgan fingerprint density at radius 2 is 1.94 bits per heavy atom. The van der Waals surface area contributed by atoms with E-state index in [4.69, 9.17) is 4.74 Å². The van der Waals surface area contributed by atoms with Gasteiger partial charge in [0.05, 0.1) is 0 Å². The highest BCUT2D eigenvalue weighted by molar-refractivity contribution is 5.69. The van der Waals surface area contributed by atoms with Gasteiger partial charge in [-0.1, -0.05) is 0 Å². The van der Waals surface area contributed by atoms with Crippen LogP contribution in [0, 0.1) is 17.8 Å². The minimum Gasteiger partial charge on any atom is -0.444 e. The average Bonchev–Trinajstić information content (AvgIpc) is 2.60. The molecule has 1 saturated carbocycles. The molecule has 0 radical (unpaired) electrons. The molecule has 4 heteroatoms. The average molecular weight is 225 g/mol. The van der Waals surface area contributed by atoms with Crippen molar-refractivity contribution < 1.29 is 14.3 Å². The summed E-state index contributed by atoms with van der Waals surface area (Å²) in [6.07, 6.45) is 1.42. The molecule has 0 aromatic heterocycles. The van der Waals surface area contributed by atoms with Gasteiger partial charge in [-0.25, -0.2) is 4.79 Å². The number of aldehydes is 1. The molecule has 0 aromatic carbocycles. The van der Waals surface area contributed by atoms with Crippen LogP contribution in [0.3, 0.4) is 0 Å². The molecule has 1 unspecified atom stereocenters. The Labute approximate surface area is 95.9 Å². The van der Waals surface area contributed by atoms with Crippen LogP contribution in [-0.2, 0) is 9.53 Å². The summed E-state index contributed by atoms with van der Waals surface area (Å²) in [7, 11) is 0. The van der Waals surface area contributed by atoms with E-state index in [2.05, 4.69) is 0 Å². The molecular formula is C12H19NO3. The van der Waals surface area contributed by atoms with Crippen LogP contribution in [0.2, 0.25) is 0 Å². The van der Waals surface area contributed by atoms with Gasteiger partial charge in [-0.05, 0) is 38.5 Å². The lowest BCUT2D eigenvalue weighted by molar-refractivity contribution is -0.108. The lowest BCUT2D eigenvalue weighted by Crippen LogP contribution is -2.37. The lowest BCUT2D eigenvalue weighted by atomic mass is 10.2. The van der Waals surface area contributed by atoms with Crippen LogP contribution >= 0.6 is 0 Å². The summed E-state index contributed by atoms with van der Waals surface area (Å²) in [5, 5.41) is 0. The predicted octanol–water partition coefficient (Wildman–Crippen LogP) is 1.69. The first-order chi connectivity index (χ1) is 7.42. The fraction of sp³-hybridized carbons (Fsp3) is 0.833. The molecule has 1 aliphatic heterocycles. The molecule has 4 nitrogen and oxygen atoms in total. The maximum Gasteiger partial charge on any atom is 0.410 e. The molecule has 1 aliphatic carbocycles. The second-order valence-corrected chi connectivity index (χ2v) is 5.78. The van der Waals surface area contributed by atoms with Crippen molar-refractivity contribution in [2.75, 3.05) is 13.1 Å². The Balaban J connectivity index is 1.80. The van der Waals surface area contributed by atoms with Gasteiger partial charge in [-0.3, -0.25) is 0 Å². The largest absolute Gasteiger partial charge is 0.444 e. The second-order valence-electron chi connectivity index (χ2n) is 5.78. The Morgan fingerprint density at radius 1 is 1.38 bits per heavy atom. The smallest absolute Gasteiger partial charge is 0.410 e. The summed E-state index contributed by atoms with van der Waals surface area (Å²) in [6.45, 7) is 7.14. The van der Waals surface area contributed by atoms with E-state index in [0.29, 0.717) is 24.2 Å². The number of fused-ring (bicyclic) bond motifs is 1. The van der Waals surface area contributed by atoms with Gasteiger partial charge < -0.3 is 14.4 Å². The van der Waals surface area contributed by atoms with Gasteiger partial charge in [0.15, 0.2) is 0 Å². The molecule has 3 atom stereocenters. The number of ether oxygens (including phenoxy) is 1. The van der Waals surface area contributed by atoms with E-state index in [0.717, 1.165) is 19.4 Å². The third-order valence-electron chi connectivity index (χ3n) is 3.39. The van der Waals surface area contributed by atoms with Crippen LogP contribution in [0.15, 0.2) is 0 Å². The molecule has 2 fully saturated rings. The standard InChI is InChI=1S/C12H19NO3/c1-12(2,3)16-11(15)13-6-9-8(4-5-14)10(9)7-13/h5,8-10H,4,6-7H2,1-3H3/t8?,9-,10+. The van der Waals surface area contributed by atoms with Gasteiger partial charge >= 0.3 is 6.09 Å². The van der Waals surface area contributed by atoms with Crippen LogP contribution in [0.5, 0.6) is 0 Å². The van der Waals surface area contributed by atoms with Crippen LogP contribution in [-0.4, -0.2) is 36.0 Å². The predicted molar refractivity (Wildman–Crippen MR) is 59.0 cm³/mol. The number of piperidine rings is 1. The normalized spacial score (nSPS) is 32.2. The van der Waals surface area contributed by atoms with E-state index in [9.17, 15) is 9.59 Å². The Morgan fingerprint density at radius 3 is 2.38 bits per heavy atom. The van der Waals surface area contributed by atoms with Crippen LogP contribution in [0.1, 0.15) is 27.2 Å². The molecule has 1 heterocycles. The minimum absolute atomic E-state index is 0.218. The van der Waals surface area contributed by atoms with Crippen LogP contribution < -0.4 is 0 Å². The maximum absolute atomic E-state index is 11.7. The number of hydrogen-bond donors (Lipinski definition) is 0. The topological polar surface area (TPSA) is 46.6 Å². The van der Waals surface area contributed by atoms with Gasteiger partial charge in [-0.2, -0.15) is 0 Å². The summed E-state index contributed by atoms with van der Waals surface area (Å²) in [6, 6.07) is 0. The summed E-state index contributed by atoms with van der Waals surface area (Å²) >= 11 is 0. The molecule has 0 spiro atoms. The molecule has 2 aliphatic rings. The molecular weight excluding hydrogens is 206 g/mol. The van der Waals surface area contributed by atoms with Crippen molar-refractivity contribution in [2.45, 2.75) is 32.8 Å². The zero-order valence-electron chi connectivity index (χ0n) is 10.1.